The topological polar surface area (TPSA) is 3.88 Å². The molecule has 0 bridgehead atoms. The molecule has 0 amide bonds. The van der Waals surface area contributed by atoms with E-state index in [0.717, 1.165) is 6.54 Å². The molecule has 1 aromatic heterocycles. The Morgan fingerprint density at radius 2 is 0.569 bits per heavy atom. The van der Waals surface area contributed by atoms with Crippen molar-refractivity contribution in [1.82, 2.24) is 0 Å². The zero-order chi connectivity index (χ0) is 52.4. The lowest BCUT2D eigenvalue weighted by atomic mass is 9.12. The maximum Gasteiger partial charge on any atom is 0.221 e. The molecular weight excluding hydrogens is 1010 g/mol. The van der Waals surface area contributed by atoms with E-state index in [1.165, 1.54) is 38.4 Å². The Balaban J connectivity index is 0.000000217. The summed E-state index contributed by atoms with van der Waals surface area (Å²) in [6.07, 6.45) is -5.00. The highest BCUT2D eigenvalue weighted by atomic mass is 19.2. The molecule has 0 unspecified atom stereocenters. The number of benzene rings is 8. The number of fused-ring (bicyclic) bond motifs is 2. The van der Waals surface area contributed by atoms with Gasteiger partial charge in [0, 0.05) is 11.6 Å². The fourth-order valence-corrected chi connectivity index (χ4v) is 8.78. The fourth-order valence-electron chi connectivity index (χ4n) is 8.78. The van der Waals surface area contributed by atoms with Crippen LogP contribution in [0, 0.1) is 116 Å². The molecule has 9 aromatic rings. The van der Waals surface area contributed by atoms with Gasteiger partial charge in [0.15, 0.2) is 82.5 Å². The first-order valence-corrected chi connectivity index (χ1v) is 20.3. The standard InChI is InChI=1S/C26H20N.C24BF20/c1-2-9-20(10-3-1)19-27-18-17-22-12-5-7-15-24(22)26(27)25-16-8-13-21-11-4-6-14-23(21)25;26-5-1(6(27)14(35)21(42)13(5)34)25(2-7(28)15(36)22(43)16(37)8(2)29,3-9(30)17(38)23(44)18(39)10(3)31)4-11(32)19(40)24(45)20(41)12(4)33/h1-18H,19H2;/q+1;-1. The van der Waals surface area contributed by atoms with Gasteiger partial charge in [0.2, 0.25) is 5.69 Å². The van der Waals surface area contributed by atoms with Crippen molar-refractivity contribution in [3.8, 4) is 11.3 Å². The highest BCUT2D eigenvalue weighted by Crippen LogP contribution is 2.33. The van der Waals surface area contributed by atoms with E-state index in [1.807, 2.05) is 0 Å². The van der Waals surface area contributed by atoms with Crippen LogP contribution in [0.25, 0.3) is 32.8 Å². The second-order valence-electron chi connectivity index (χ2n) is 15.7. The van der Waals surface area contributed by atoms with Crippen molar-refractivity contribution < 1.29 is 92.4 Å². The van der Waals surface area contributed by atoms with E-state index in [4.69, 9.17) is 0 Å². The Labute approximate surface area is 390 Å². The third-order valence-electron chi connectivity index (χ3n) is 11.9. The van der Waals surface area contributed by atoms with Crippen molar-refractivity contribution in [2.24, 2.45) is 0 Å². The van der Waals surface area contributed by atoms with Crippen LogP contribution < -0.4 is 26.4 Å². The van der Waals surface area contributed by atoms with Crippen LogP contribution in [0.15, 0.2) is 109 Å². The van der Waals surface area contributed by atoms with Gasteiger partial charge in [-0.25, -0.2) is 87.8 Å². The van der Waals surface area contributed by atoms with Crippen LogP contribution in [0.4, 0.5) is 87.8 Å². The average molecular weight is 1030 g/mol. The van der Waals surface area contributed by atoms with Gasteiger partial charge in [-0.3, -0.25) is 0 Å². The summed E-state index contributed by atoms with van der Waals surface area (Å²) in [6.45, 7) is 0.851. The van der Waals surface area contributed by atoms with Gasteiger partial charge in [0.1, 0.15) is 52.7 Å². The summed E-state index contributed by atoms with van der Waals surface area (Å²) in [5.74, 6) is -71.4. The number of pyridine rings is 1. The van der Waals surface area contributed by atoms with E-state index in [-0.39, 0.29) is 0 Å². The highest BCUT2D eigenvalue weighted by molar-refractivity contribution is 7.20. The van der Waals surface area contributed by atoms with Gasteiger partial charge in [-0.2, -0.15) is 4.57 Å². The van der Waals surface area contributed by atoms with Crippen LogP contribution in [0.5, 0.6) is 0 Å². The van der Waals surface area contributed by atoms with Crippen LogP contribution in [0.1, 0.15) is 5.56 Å². The lowest BCUT2D eigenvalue weighted by Gasteiger charge is -2.44. The summed E-state index contributed by atoms with van der Waals surface area (Å²) in [5.41, 5.74) is -10.5. The normalized spacial score (nSPS) is 11.7. The second kappa shape index (κ2) is 19.0. The molecule has 0 saturated heterocycles. The first-order chi connectivity index (χ1) is 34.1. The first kappa shape index (κ1) is 50.5. The maximum absolute atomic E-state index is 15.4. The van der Waals surface area contributed by atoms with Gasteiger partial charge in [-0.05, 0) is 28.3 Å². The molecule has 368 valence electrons. The van der Waals surface area contributed by atoms with E-state index < -0.39 is 144 Å². The Bertz CT molecular complexity index is 3290. The molecule has 22 heteroatoms. The molecule has 0 atom stereocenters. The minimum Gasteiger partial charge on any atom is -0.207 e. The van der Waals surface area contributed by atoms with Crippen molar-refractivity contribution in [3.63, 3.8) is 0 Å². The third kappa shape index (κ3) is 7.74. The van der Waals surface area contributed by atoms with Gasteiger partial charge >= 0.3 is 0 Å². The van der Waals surface area contributed by atoms with E-state index in [9.17, 15) is 52.7 Å². The Morgan fingerprint density at radius 3 is 0.944 bits per heavy atom. The summed E-state index contributed by atoms with van der Waals surface area (Å²) < 4.78 is 296. The highest BCUT2D eigenvalue weighted by Gasteiger charge is 2.52. The summed E-state index contributed by atoms with van der Waals surface area (Å²) in [6, 6.07) is 36.8. The van der Waals surface area contributed by atoms with Crippen LogP contribution in [0.3, 0.4) is 0 Å². The van der Waals surface area contributed by atoms with E-state index in [2.05, 4.69) is 114 Å². The molecule has 1 nitrogen and oxygen atoms in total. The molecule has 0 fully saturated rings. The number of aromatic nitrogens is 1. The Kier molecular flexibility index (Phi) is 13.3. The Hall–Kier alpha value is -7.91. The predicted molar refractivity (Wildman–Crippen MR) is 222 cm³/mol. The van der Waals surface area contributed by atoms with Gasteiger partial charge in [0.05, 0.1) is 10.9 Å². The van der Waals surface area contributed by atoms with Crippen molar-refractivity contribution in [1.29, 1.82) is 0 Å². The second-order valence-corrected chi connectivity index (χ2v) is 15.7. The summed E-state index contributed by atoms with van der Waals surface area (Å²) in [4.78, 5) is 0. The third-order valence-corrected chi connectivity index (χ3v) is 11.9. The number of nitrogens with zero attached hydrogens (tertiary/aromatic N) is 1. The molecule has 9 rings (SSSR count). The lowest BCUT2D eigenvalue weighted by molar-refractivity contribution is -0.676. The van der Waals surface area contributed by atoms with Crippen molar-refractivity contribution in [3.05, 3.63) is 231 Å². The van der Waals surface area contributed by atoms with E-state index >= 15 is 35.1 Å². The van der Waals surface area contributed by atoms with Crippen LogP contribution in [0.2, 0.25) is 0 Å². The molecule has 0 aliphatic carbocycles. The minimum absolute atomic E-state index is 0.851. The molecule has 0 aliphatic heterocycles. The summed E-state index contributed by atoms with van der Waals surface area (Å²) in [5, 5.41) is 5.12. The Morgan fingerprint density at radius 1 is 0.278 bits per heavy atom. The van der Waals surface area contributed by atoms with Crippen molar-refractivity contribution in [2.45, 2.75) is 6.54 Å². The zero-order valence-electron chi connectivity index (χ0n) is 35.2. The fraction of sp³-hybridized carbons (Fsp3) is 0.0200. The van der Waals surface area contributed by atoms with Crippen molar-refractivity contribution >= 4 is 49.5 Å². The molecule has 8 aromatic carbocycles. The van der Waals surface area contributed by atoms with Gasteiger partial charge in [-0.1, -0.05) is 84.9 Å². The van der Waals surface area contributed by atoms with Gasteiger partial charge < -0.3 is 0 Å². The van der Waals surface area contributed by atoms with Crippen LogP contribution in [-0.4, -0.2) is 6.15 Å². The van der Waals surface area contributed by atoms with Crippen LogP contribution in [-0.2, 0) is 6.54 Å². The monoisotopic (exact) mass is 1030 g/mol. The maximum atomic E-state index is 15.4. The average Bonchev–Trinajstić information content (AvgIpc) is 3.38. The lowest BCUT2D eigenvalue weighted by Crippen LogP contribution is -2.81. The zero-order valence-corrected chi connectivity index (χ0v) is 35.2. The largest absolute Gasteiger partial charge is 0.221 e. The molecule has 0 aliphatic rings. The predicted octanol–water partition coefficient (Wildman–Crippen LogP) is 11.8. The molecule has 0 saturated carbocycles. The molecular formula is C50H20BF20N. The quantitative estimate of drug-likeness (QED) is 0.0492. The number of rotatable bonds is 7. The van der Waals surface area contributed by atoms with E-state index in [1.54, 1.807) is 0 Å². The molecule has 72 heavy (non-hydrogen) atoms. The number of hydrogen-bond donors (Lipinski definition) is 0. The van der Waals surface area contributed by atoms with Crippen LogP contribution >= 0.6 is 0 Å². The van der Waals surface area contributed by atoms with E-state index in [0.29, 0.717) is 0 Å². The summed E-state index contributed by atoms with van der Waals surface area (Å²) >= 11 is 0. The number of halogens is 20. The summed E-state index contributed by atoms with van der Waals surface area (Å²) in [7, 11) is 0. The molecule has 0 radical (unpaired) electrons. The van der Waals surface area contributed by atoms with Gasteiger partial charge in [-0.15, -0.1) is 21.9 Å². The minimum atomic E-state index is -7.22. The molecule has 1 heterocycles. The first-order valence-electron chi connectivity index (χ1n) is 20.3. The number of hydrogen-bond acceptors (Lipinski definition) is 0. The SMILES string of the molecule is Fc1c(F)c(F)c([B-](c2c(F)c(F)c(F)c(F)c2F)(c2c(F)c(F)c(F)c(F)c2F)c2c(F)c(F)c(F)c(F)c2F)c(F)c1F.c1ccc(C[n+]2ccc3ccccc3c2-c2cccc3ccccc23)cc1. The molecule has 0 N–H and O–H groups in total. The smallest absolute Gasteiger partial charge is 0.207 e. The molecule has 0 spiro atoms. The van der Waals surface area contributed by atoms with Crippen molar-refractivity contribution in [2.75, 3.05) is 0 Å². The van der Waals surface area contributed by atoms with Gasteiger partial charge in [0.25, 0.3) is 0 Å².